The van der Waals surface area contributed by atoms with Crippen molar-refractivity contribution in [3.63, 3.8) is 0 Å². The Balaban J connectivity index is 2.35. The maximum atomic E-state index is 13.3. The number of hydrogen-bond acceptors (Lipinski definition) is 4. The van der Waals surface area contributed by atoms with Gasteiger partial charge < -0.3 is 10.2 Å². The maximum absolute atomic E-state index is 13.3. The first-order valence-corrected chi connectivity index (χ1v) is 11.7. The lowest BCUT2D eigenvalue weighted by Gasteiger charge is -2.31. The molecule has 2 amide bonds. The summed E-state index contributed by atoms with van der Waals surface area (Å²) in [5.41, 5.74) is 0.962. The fourth-order valence-corrected chi connectivity index (χ4v) is 3.83. The van der Waals surface area contributed by atoms with Crippen molar-refractivity contribution in [1.29, 1.82) is 0 Å². The third-order valence-corrected chi connectivity index (χ3v) is 5.73. The predicted octanol–water partition coefficient (Wildman–Crippen LogP) is 2.53. The average molecular weight is 450 g/mol. The van der Waals surface area contributed by atoms with Crippen molar-refractivity contribution in [2.24, 2.45) is 0 Å². The molecule has 0 fully saturated rings. The second-order valence-corrected chi connectivity index (χ2v) is 9.50. The summed E-state index contributed by atoms with van der Waals surface area (Å²) in [7, 11) is -3.75. The predicted molar refractivity (Wildman–Crippen MR) is 118 cm³/mol. The summed E-state index contributed by atoms with van der Waals surface area (Å²) in [5, 5.41) is 2.76. The van der Waals surface area contributed by atoms with Gasteiger partial charge in [-0.3, -0.25) is 13.9 Å². The van der Waals surface area contributed by atoms with E-state index in [9.17, 15) is 22.4 Å². The third-order valence-electron chi connectivity index (χ3n) is 4.59. The highest BCUT2D eigenvalue weighted by Gasteiger charge is 2.30. The van der Waals surface area contributed by atoms with E-state index in [0.29, 0.717) is 11.3 Å². The first-order chi connectivity index (χ1) is 14.5. The van der Waals surface area contributed by atoms with Crippen LogP contribution in [0.1, 0.15) is 26.3 Å². The van der Waals surface area contributed by atoms with E-state index < -0.39 is 34.3 Å². The molecule has 2 aromatic rings. The molecule has 0 aliphatic heterocycles. The molecule has 0 saturated carbocycles. The lowest BCUT2D eigenvalue weighted by molar-refractivity contribution is -0.139. The van der Waals surface area contributed by atoms with Crippen molar-refractivity contribution in [2.45, 2.75) is 39.4 Å². The van der Waals surface area contributed by atoms with Crippen molar-refractivity contribution in [3.8, 4) is 0 Å². The number of para-hydroxylation sites is 1. The van der Waals surface area contributed by atoms with Gasteiger partial charge in [0.2, 0.25) is 21.8 Å². The third kappa shape index (κ3) is 7.06. The number of nitrogens with one attached hydrogen (secondary N) is 1. The van der Waals surface area contributed by atoms with Gasteiger partial charge in [0.1, 0.15) is 18.4 Å². The molecule has 2 aromatic carbocycles. The molecule has 168 valence electrons. The van der Waals surface area contributed by atoms with Gasteiger partial charge in [-0.2, -0.15) is 0 Å². The molecule has 0 unspecified atom stereocenters. The molecule has 0 heterocycles. The van der Waals surface area contributed by atoms with Gasteiger partial charge in [0.25, 0.3) is 0 Å². The van der Waals surface area contributed by atoms with Gasteiger partial charge in [0.05, 0.1) is 11.9 Å². The van der Waals surface area contributed by atoms with Crippen LogP contribution in [0.25, 0.3) is 0 Å². The van der Waals surface area contributed by atoms with Crippen LogP contribution < -0.4 is 9.62 Å². The summed E-state index contributed by atoms with van der Waals surface area (Å²) in [6.45, 7) is 4.74. The van der Waals surface area contributed by atoms with E-state index in [4.69, 9.17) is 0 Å². The smallest absolute Gasteiger partial charge is 0.244 e. The quantitative estimate of drug-likeness (QED) is 0.637. The van der Waals surface area contributed by atoms with E-state index in [2.05, 4.69) is 5.32 Å². The van der Waals surface area contributed by atoms with Gasteiger partial charge in [-0.1, -0.05) is 30.3 Å². The van der Waals surface area contributed by atoms with Crippen molar-refractivity contribution >= 4 is 27.5 Å². The minimum Gasteiger partial charge on any atom is -0.352 e. The van der Waals surface area contributed by atoms with E-state index >= 15 is 0 Å². The topological polar surface area (TPSA) is 86.8 Å². The van der Waals surface area contributed by atoms with Crippen molar-refractivity contribution < 1.29 is 22.4 Å². The lowest BCUT2D eigenvalue weighted by atomic mass is 10.1. The summed E-state index contributed by atoms with van der Waals surface area (Å²) in [5.74, 6) is -1.33. The van der Waals surface area contributed by atoms with Crippen LogP contribution in [0.3, 0.4) is 0 Å². The number of anilines is 1. The van der Waals surface area contributed by atoms with E-state index in [0.717, 1.165) is 10.6 Å². The van der Waals surface area contributed by atoms with Crippen LogP contribution in [0.4, 0.5) is 10.1 Å². The molecule has 7 nitrogen and oxygen atoms in total. The van der Waals surface area contributed by atoms with Gasteiger partial charge in [0, 0.05) is 12.6 Å². The molecule has 1 N–H and O–H groups in total. The van der Waals surface area contributed by atoms with E-state index in [1.165, 1.54) is 29.2 Å². The van der Waals surface area contributed by atoms with Crippen molar-refractivity contribution in [1.82, 2.24) is 10.2 Å². The summed E-state index contributed by atoms with van der Waals surface area (Å²) in [6, 6.07) is 12.9. The standard InChI is InChI=1S/C22H28FN3O4S/c1-16(2)24-22(28)17(3)25(14-18-10-12-19(23)13-11-18)21(27)15-26(31(4,29)30)20-8-6-5-7-9-20/h5-13,16-17H,14-15H2,1-4H3,(H,24,28)/t17-/m0/s1. The molecule has 1 atom stereocenters. The van der Waals surface area contributed by atoms with E-state index in [-0.39, 0.29) is 18.5 Å². The first-order valence-electron chi connectivity index (χ1n) is 9.86. The number of sulfonamides is 1. The number of benzene rings is 2. The van der Waals surface area contributed by atoms with Crippen LogP contribution in [0.2, 0.25) is 0 Å². The Kier molecular flexibility index (Phi) is 8.15. The Bertz CT molecular complexity index is 995. The molecular formula is C22H28FN3O4S. The number of hydrogen-bond donors (Lipinski definition) is 1. The fourth-order valence-electron chi connectivity index (χ4n) is 2.98. The fraction of sp³-hybridized carbons (Fsp3) is 0.364. The number of amides is 2. The highest BCUT2D eigenvalue weighted by molar-refractivity contribution is 7.92. The van der Waals surface area contributed by atoms with Gasteiger partial charge in [0.15, 0.2) is 0 Å². The Morgan fingerprint density at radius 2 is 1.58 bits per heavy atom. The highest BCUT2D eigenvalue weighted by Crippen LogP contribution is 2.18. The van der Waals surface area contributed by atoms with Crippen LogP contribution in [-0.4, -0.2) is 50.0 Å². The summed E-state index contributed by atoms with van der Waals surface area (Å²) < 4.78 is 39.0. The highest BCUT2D eigenvalue weighted by atomic mass is 32.2. The second kappa shape index (κ2) is 10.4. The minimum absolute atomic E-state index is 0.0260. The first kappa shape index (κ1) is 24.3. The zero-order valence-electron chi connectivity index (χ0n) is 18.1. The lowest BCUT2D eigenvalue weighted by Crippen LogP contribution is -2.52. The zero-order chi connectivity index (χ0) is 23.2. The van der Waals surface area contributed by atoms with E-state index in [1.54, 1.807) is 51.1 Å². The number of carbonyl (C=O) groups is 2. The van der Waals surface area contributed by atoms with Crippen LogP contribution in [0, 0.1) is 5.82 Å². The SMILES string of the molecule is CC(C)NC(=O)[C@H](C)N(Cc1ccc(F)cc1)C(=O)CN(c1ccccc1)S(C)(=O)=O. The summed E-state index contributed by atoms with van der Waals surface area (Å²) >= 11 is 0. The molecule has 0 spiro atoms. The maximum Gasteiger partial charge on any atom is 0.244 e. The van der Waals surface area contributed by atoms with Crippen LogP contribution in [0.15, 0.2) is 54.6 Å². The number of nitrogens with zero attached hydrogens (tertiary/aromatic N) is 2. The zero-order valence-corrected chi connectivity index (χ0v) is 18.9. The van der Waals surface area contributed by atoms with Gasteiger partial charge in [-0.15, -0.1) is 0 Å². The Hall–Kier alpha value is -2.94. The summed E-state index contributed by atoms with van der Waals surface area (Å²) in [4.78, 5) is 27.1. The molecule has 0 aliphatic carbocycles. The molecule has 9 heteroatoms. The van der Waals surface area contributed by atoms with Crippen LogP contribution >= 0.6 is 0 Å². The van der Waals surface area contributed by atoms with Crippen LogP contribution in [0.5, 0.6) is 0 Å². The molecule has 0 bridgehead atoms. The molecule has 31 heavy (non-hydrogen) atoms. The monoisotopic (exact) mass is 449 g/mol. The van der Waals surface area contributed by atoms with Gasteiger partial charge in [-0.25, -0.2) is 12.8 Å². The van der Waals surface area contributed by atoms with Gasteiger partial charge >= 0.3 is 0 Å². The molecule has 0 aliphatic rings. The Labute approximate surface area is 182 Å². The second-order valence-electron chi connectivity index (χ2n) is 7.59. The minimum atomic E-state index is -3.75. The Morgan fingerprint density at radius 3 is 2.10 bits per heavy atom. The normalized spacial score (nSPS) is 12.3. The number of carbonyl (C=O) groups excluding carboxylic acids is 2. The molecule has 0 saturated heterocycles. The summed E-state index contributed by atoms with van der Waals surface area (Å²) in [6.07, 6.45) is 1.02. The van der Waals surface area contributed by atoms with Gasteiger partial charge in [-0.05, 0) is 50.6 Å². The number of halogens is 1. The van der Waals surface area contributed by atoms with E-state index in [1.807, 2.05) is 0 Å². The largest absolute Gasteiger partial charge is 0.352 e. The molecule has 2 rings (SSSR count). The Morgan fingerprint density at radius 1 is 1.00 bits per heavy atom. The van der Waals surface area contributed by atoms with Crippen molar-refractivity contribution in [2.75, 3.05) is 17.1 Å². The molecule has 0 radical (unpaired) electrons. The molecular weight excluding hydrogens is 421 g/mol. The molecule has 0 aromatic heterocycles. The van der Waals surface area contributed by atoms with Crippen LogP contribution in [-0.2, 0) is 26.2 Å². The number of rotatable bonds is 9. The average Bonchev–Trinajstić information content (AvgIpc) is 2.70. The van der Waals surface area contributed by atoms with Crippen molar-refractivity contribution in [3.05, 3.63) is 66.0 Å².